The number of hydrogen-bond acceptors (Lipinski definition) is 5. The summed E-state index contributed by atoms with van der Waals surface area (Å²) in [5, 5.41) is 19.1. The van der Waals surface area contributed by atoms with Crippen molar-refractivity contribution in [1.82, 2.24) is 10.6 Å². The predicted molar refractivity (Wildman–Crippen MR) is 128 cm³/mol. The second-order valence-corrected chi connectivity index (χ2v) is 10.3. The van der Waals surface area contributed by atoms with Crippen LogP contribution in [0.2, 0.25) is 0 Å². The molecule has 8 heteroatoms. The van der Waals surface area contributed by atoms with Crippen molar-refractivity contribution < 1.29 is 24.2 Å². The molecule has 4 atom stereocenters. The lowest BCUT2D eigenvalue weighted by atomic mass is 9.84. The number of benzene rings is 1. The van der Waals surface area contributed by atoms with Crippen LogP contribution in [0.4, 0.5) is 10.5 Å². The molecular weight excluding hydrogens is 434 g/mol. The number of aliphatic hydroxyl groups is 1. The molecule has 0 radical (unpaired) electrons. The molecular formula is C26H37N3O5. The van der Waals surface area contributed by atoms with Gasteiger partial charge in [0.15, 0.2) is 0 Å². The fourth-order valence-electron chi connectivity index (χ4n) is 6.13. The number of ether oxygens (including phenoxy) is 2. The van der Waals surface area contributed by atoms with E-state index in [4.69, 9.17) is 9.47 Å². The van der Waals surface area contributed by atoms with E-state index in [0.29, 0.717) is 6.42 Å². The van der Waals surface area contributed by atoms with Gasteiger partial charge in [0, 0.05) is 29.3 Å². The number of carbonyl (C=O) groups excluding carboxylic acids is 2. The number of carbonyl (C=O) groups is 2. The summed E-state index contributed by atoms with van der Waals surface area (Å²) in [6.07, 6.45) is 9.96. The highest BCUT2D eigenvalue weighted by molar-refractivity contribution is 5.89. The summed E-state index contributed by atoms with van der Waals surface area (Å²) in [6.45, 7) is -0.162. The molecule has 4 N–H and O–H groups in total. The molecule has 4 aliphatic rings. The molecule has 0 aromatic heterocycles. The maximum Gasteiger partial charge on any atom is 0.319 e. The Morgan fingerprint density at radius 2 is 1.68 bits per heavy atom. The summed E-state index contributed by atoms with van der Waals surface area (Å²) in [6, 6.07) is 6.02. The molecule has 0 unspecified atom stereocenters. The van der Waals surface area contributed by atoms with Gasteiger partial charge in [-0.2, -0.15) is 0 Å². The zero-order valence-electron chi connectivity index (χ0n) is 19.8. The monoisotopic (exact) mass is 471 g/mol. The van der Waals surface area contributed by atoms with Gasteiger partial charge in [-0.15, -0.1) is 0 Å². The highest BCUT2D eigenvalue weighted by Crippen LogP contribution is 2.47. The molecule has 1 saturated heterocycles. The largest absolute Gasteiger partial charge is 0.487 e. The van der Waals surface area contributed by atoms with Crippen LogP contribution in [0, 0.1) is 0 Å². The fourth-order valence-corrected chi connectivity index (χ4v) is 6.13. The minimum absolute atomic E-state index is 0.00743. The molecule has 8 nitrogen and oxygen atoms in total. The zero-order chi connectivity index (χ0) is 23.5. The number of anilines is 1. The van der Waals surface area contributed by atoms with Gasteiger partial charge in [-0.3, -0.25) is 4.79 Å². The first-order chi connectivity index (χ1) is 16.6. The Balaban J connectivity index is 1.23. The maximum atomic E-state index is 12.7. The van der Waals surface area contributed by atoms with E-state index in [1.54, 1.807) is 0 Å². The topological polar surface area (TPSA) is 109 Å². The van der Waals surface area contributed by atoms with E-state index in [2.05, 4.69) is 16.0 Å². The highest BCUT2D eigenvalue weighted by Gasteiger charge is 2.46. The Bertz CT molecular complexity index is 881. The number of nitrogens with one attached hydrogen (secondary N) is 3. The van der Waals surface area contributed by atoms with Gasteiger partial charge < -0.3 is 30.5 Å². The van der Waals surface area contributed by atoms with Crippen LogP contribution < -0.4 is 20.7 Å². The molecule has 2 heterocycles. The van der Waals surface area contributed by atoms with Crippen molar-refractivity contribution in [2.45, 2.75) is 107 Å². The lowest BCUT2D eigenvalue weighted by Gasteiger charge is -2.37. The predicted octanol–water partition coefficient (Wildman–Crippen LogP) is 3.58. The van der Waals surface area contributed by atoms with Crippen molar-refractivity contribution in [3.63, 3.8) is 0 Å². The molecule has 2 aliphatic carbocycles. The Hall–Kier alpha value is -2.32. The quantitative estimate of drug-likeness (QED) is 0.507. The third-order valence-electron chi connectivity index (χ3n) is 7.83. The van der Waals surface area contributed by atoms with E-state index in [9.17, 15) is 14.7 Å². The Morgan fingerprint density at radius 3 is 2.41 bits per heavy atom. The third-order valence-corrected chi connectivity index (χ3v) is 7.83. The van der Waals surface area contributed by atoms with Gasteiger partial charge in [0.25, 0.3) is 0 Å². The Labute approximate surface area is 201 Å². The first-order valence-corrected chi connectivity index (χ1v) is 13.0. The summed E-state index contributed by atoms with van der Waals surface area (Å²) in [5.74, 6) is 0.782. The molecule has 1 aromatic carbocycles. The van der Waals surface area contributed by atoms with Crippen molar-refractivity contribution in [1.29, 1.82) is 0 Å². The Kier molecular flexibility index (Phi) is 7.25. The van der Waals surface area contributed by atoms with Gasteiger partial charge in [-0.05, 0) is 50.3 Å². The molecule has 186 valence electrons. The number of urea groups is 1. The summed E-state index contributed by atoms with van der Waals surface area (Å²) in [5.41, 5.74) is 1.72. The molecule has 0 spiro atoms. The third kappa shape index (κ3) is 5.33. The maximum absolute atomic E-state index is 12.7. The first-order valence-electron chi connectivity index (χ1n) is 13.0. The minimum Gasteiger partial charge on any atom is -0.487 e. The van der Waals surface area contributed by atoms with Crippen LogP contribution in [-0.4, -0.2) is 54.0 Å². The number of rotatable bonds is 6. The number of fused-ring (bicyclic) bond motifs is 3. The molecule has 34 heavy (non-hydrogen) atoms. The smallest absolute Gasteiger partial charge is 0.319 e. The average Bonchev–Trinajstić information content (AvgIpc) is 3.47. The van der Waals surface area contributed by atoms with Crippen molar-refractivity contribution in [3.8, 4) is 5.75 Å². The van der Waals surface area contributed by atoms with Crippen molar-refractivity contribution in [3.05, 3.63) is 23.8 Å². The average molecular weight is 472 g/mol. The van der Waals surface area contributed by atoms with Gasteiger partial charge in [0.1, 0.15) is 18.0 Å². The molecule has 3 fully saturated rings. The van der Waals surface area contributed by atoms with E-state index in [0.717, 1.165) is 55.5 Å². The second-order valence-electron chi connectivity index (χ2n) is 10.3. The fraction of sp³-hybridized carbons (Fsp3) is 0.692. The van der Waals surface area contributed by atoms with Crippen LogP contribution >= 0.6 is 0 Å². The van der Waals surface area contributed by atoms with Gasteiger partial charge >= 0.3 is 6.03 Å². The lowest BCUT2D eigenvalue weighted by Crippen LogP contribution is -2.48. The van der Waals surface area contributed by atoms with Gasteiger partial charge in [0.05, 0.1) is 19.1 Å². The van der Waals surface area contributed by atoms with Crippen LogP contribution in [-0.2, 0) is 9.53 Å². The SMILES string of the molecule is O=C(C[C@@H]1C[C@H]2c3cc(NC(=O)NC4CCCC4)ccc3O[C@H]2[C@@H](CO)O1)NC1CCCCC1. The number of hydrogen-bond donors (Lipinski definition) is 4. The summed E-state index contributed by atoms with van der Waals surface area (Å²) < 4.78 is 12.2. The van der Waals surface area contributed by atoms with Gasteiger partial charge in [0.2, 0.25) is 5.91 Å². The molecule has 2 saturated carbocycles. The molecule has 0 bridgehead atoms. The van der Waals surface area contributed by atoms with Crippen LogP contribution in [0.5, 0.6) is 5.75 Å². The van der Waals surface area contributed by atoms with E-state index in [-0.39, 0.29) is 55.2 Å². The van der Waals surface area contributed by atoms with Crippen LogP contribution in [0.1, 0.15) is 82.1 Å². The van der Waals surface area contributed by atoms with Crippen LogP contribution in [0.25, 0.3) is 0 Å². The van der Waals surface area contributed by atoms with E-state index in [1.165, 1.54) is 19.3 Å². The molecule has 2 aliphatic heterocycles. The molecule has 5 rings (SSSR count). The standard InChI is InChI=1S/C26H37N3O5/c30-15-23-25-21(13-19(33-23)14-24(31)27-16-6-2-1-3-7-16)20-12-18(10-11-22(20)34-25)29-26(32)28-17-8-4-5-9-17/h10-12,16-17,19,21,23,25,30H,1-9,13-15H2,(H,27,31)(H2,28,29,32)/t19-,21-,23+,25+/m0/s1. The first kappa shape index (κ1) is 23.4. The van der Waals surface area contributed by atoms with E-state index >= 15 is 0 Å². The summed E-state index contributed by atoms with van der Waals surface area (Å²) in [4.78, 5) is 25.1. The number of amides is 3. The summed E-state index contributed by atoms with van der Waals surface area (Å²) in [7, 11) is 0. The van der Waals surface area contributed by atoms with Crippen LogP contribution in [0.15, 0.2) is 18.2 Å². The lowest BCUT2D eigenvalue weighted by molar-refractivity contribution is -0.142. The minimum atomic E-state index is -0.485. The summed E-state index contributed by atoms with van der Waals surface area (Å²) >= 11 is 0. The van der Waals surface area contributed by atoms with E-state index < -0.39 is 6.10 Å². The van der Waals surface area contributed by atoms with Crippen molar-refractivity contribution >= 4 is 17.6 Å². The van der Waals surface area contributed by atoms with Gasteiger partial charge in [-0.25, -0.2) is 4.79 Å². The highest BCUT2D eigenvalue weighted by atomic mass is 16.6. The number of aliphatic hydroxyl groups excluding tert-OH is 1. The van der Waals surface area contributed by atoms with Gasteiger partial charge in [-0.1, -0.05) is 32.1 Å². The second kappa shape index (κ2) is 10.5. The van der Waals surface area contributed by atoms with Crippen LogP contribution in [0.3, 0.4) is 0 Å². The van der Waals surface area contributed by atoms with Crippen molar-refractivity contribution in [2.75, 3.05) is 11.9 Å². The normalized spacial score (nSPS) is 29.1. The van der Waals surface area contributed by atoms with Crippen molar-refractivity contribution in [2.24, 2.45) is 0 Å². The molecule has 3 amide bonds. The van der Waals surface area contributed by atoms with E-state index in [1.807, 2.05) is 18.2 Å². The Morgan fingerprint density at radius 1 is 0.971 bits per heavy atom. The zero-order valence-corrected chi connectivity index (χ0v) is 19.8. The molecule has 1 aromatic rings.